The van der Waals surface area contributed by atoms with Gasteiger partial charge in [0.25, 0.3) is 5.91 Å². The molecule has 1 aliphatic rings. The van der Waals surface area contributed by atoms with Crippen molar-refractivity contribution in [1.29, 1.82) is 0 Å². The fraction of sp³-hybridized carbons (Fsp3) is 0.600. The molecule has 89 valence electrons. The number of amides is 2. The molecule has 16 heavy (non-hydrogen) atoms. The molecule has 0 atom stereocenters. The second kappa shape index (κ2) is 5.93. The average molecular weight is 242 g/mol. The van der Waals surface area contributed by atoms with E-state index in [4.69, 9.17) is 9.47 Å². The van der Waals surface area contributed by atoms with Crippen molar-refractivity contribution in [3.05, 3.63) is 11.3 Å². The second-order valence-electron chi connectivity index (χ2n) is 3.45. The summed E-state index contributed by atoms with van der Waals surface area (Å²) in [4.78, 5) is 22.6. The first-order chi connectivity index (χ1) is 7.63. The molecule has 1 radical (unpaired) electrons. The van der Waals surface area contributed by atoms with Crippen LogP contribution in [0.4, 0.5) is 0 Å². The number of ether oxygens (including phenoxy) is 2. The van der Waals surface area contributed by atoms with Crippen LogP contribution >= 0.6 is 0 Å². The highest BCUT2D eigenvalue weighted by Crippen LogP contribution is 2.18. The van der Waals surface area contributed by atoms with E-state index in [2.05, 4.69) is 5.32 Å². The molecule has 0 saturated heterocycles. The number of nitrogens with one attached hydrogen (secondary N) is 1. The van der Waals surface area contributed by atoms with E-state index in [0.717, 1.165) is 12.5 Å². The van der Waals surface area contributed by atoms with E-state index in [1.165, 1.54) is 6.08 Å². The van der Waals surface area contributed by atoms with E-state index in [-0.39, 0.29) is 11.8 Å². The van der Waals surface area contributed by atoms with Crippen molar-refractivity contribution in [1.82, 2.24) is 5.32 Å². The highest BCUT2D eigenvalue weighted by Gasteiger charge is 2.35. The van der Waals surface area contributed by atoms with Crippen molar-refractivity contribution in [3.63, 3.8) is 0 Å². The minimum absolute atomic E-state index is 0.300. The van der Waals surface area contributed by atoms with Gasteiger partial charge in [-0.1, -0.05) is 19.4 Å². The smallest absolute Gasteiger partial charge is 0.250 e. The van der Waals surface area contributed by atoms with Gasteiger partial charge in [-0.2, -0.15) is 0 Å². The van der Waals surface area contributed by atoms with Crippen LogP contribution in [0.2, 0.25) is 6.04 Å². The van der Waals surface area contributed by atoms with Gasteiger partial charge in [-0.05, 0) is 0 Å². The van der Waals surface area contributed by atoms with E-state index >= 15 is 0 Å². The predicted octanol–water partition coefficient (Wildman–Crippen LogP) is 0.171. The predicted molar refractivity (Wildman–Crippen MR) is 59.9 cm³/mol. The zero-order valence-corrected chi connectivity index (χ0v) is 10.7. The SMILES string of the molecule is CCC[Si](C1=CC(=O)NC1=O)C(OC)OC. The van der Waals surface area contributed by atoms with Gasteiger partial charge in [-0.15, -0.1) is 0 Å². The van der Waals surface area contributed by atoms with Crippen LogP contribution in [-0.4, -0.2) is 40.7 Å². The minimum atomic E-state index is -1.31. The maximum atomic E-state index is 11.6. The summed E-state index contributed by atoms with van der Waals surface area (Å²) in [7, 11) is 1.78. The molecule has 1 aliphatic heterocycles. The van der Waals surface area contributed by atoms with Crippen LogP contribution in [0.3, 0.4) is 0 Å². The fourth-order valence-corrected chi connectivity index (χ4v) is 4.22. The Morgan fingerprint density at radius 2 is 2.00 bits per heavy atom. The van der Waals surface area contributed by atoms with Gasteiger partial charge < -0.3 is 9.47 Å². The Morgan fingerprint density at radius 1 is 1.38 bits per heavy atom. The number of hydrogen-bond acceptors (Lipinski definition) is 4. The molecule has 0 saturated carbocycles. The lowest BCUT2D eigenvalue weighted by Gasteiger charge is -2.22. The van der Waals surface area contributed by atoms with Crippen LogP contribution in [0, 0.1) is 0 Å². The first kappa shape index (κ1) is 13.1. The number of carbonyl (C=O) groups is 2. The molecule has 0 aromatic carbocycles. The summed E-state index contributed by atoms with van der Waals surface area (Å²) in [5.41, 5.74) is 0. The minimum Gasteiger partial charge on any atom is -0.359 e. The molecule has 1 N–H and O–H groups in total. The Kier molecular flexibility index (Phi) is 4.85. The third-order valence-corrected chi connectivity index (χ3v) is 5.48. The van der Waals surface area contributed by atoms with Gasteiger partial charge in [0, 0.05) is 25.5 Å². The molecule has 1 heterocycles. The van der Waals surface area contributed by atoms with Crippen LogP contribution < -0.4 is 5.32 Å². The maximum absolute atomic E-state index is 11.6. The fourth-order valence-electron chi connectivity index (χ4n) is 1.68. The molecule has 0 fully saturated rings. The van der Waals surface area contributed by atoms with E-state index in [0.29, 0.717) is 5.20 Å². The number of rotatable bonds is 6. The second-order valence-corrected chi connectivity index (χ2v) is 6.02. The first-order valence-electron chi connectivity index (χ1n) is 5.12. The molecule has 0 unspecified atom stereocenters. The monoisotopic (exact) mass is 242 g/mol. The zero-order valence-electron chi connectivity index (χ0n) is 9.70. The molecular formula is C10H16NO4Si. The van der Waals surface area contributed by atoms with Gasteiger partial charge >= 0.3 is 0 Å². The lowest BCUT2D eigenvalue weighted by molar-refractivity contribution is -0.123. The van der Waals surface area contributed by atoms with Crippen molar-refractivity contribution in [2.45, 2.75) is 25.3 Å². The Morgan fingerprint density at radius 3 is 2.38 bits per heavy atom. The molecule has 5 nitrogen and oxygen atoms in total. The summed E-state index contributed by atoms with van der Waals surface area (Å²) in [6, 6.07) is 0.837. The Labute approximate surface area is 96.4 Å². The van der Waals surface area contributed by atoms with E-state index in [1.54, 1.807) is 14.2 Å². The van der Waals surface area contributed by atoms with Gasteiger partial charge in [0.2, 0.25) is 5.91 Å². The van der Waals surface area contributed by atoms with E-state index in [9.17, 15) is 9.59 Å². The largest absolute Gasteiger partial charge is 0.359 e. The van der Waals surface area contributed by atoms with Crippen LogP contribution in [0.25, 0.3) is 0 Å². The lowest BCUT2D eigenvalue weighted by atomic mass is 10.5. The number of carbonyl (C=O) groups excluding carboxylic acids is 2. The Bertz CT molecular complexity index is 312. The van der Waals surface area contributed by atoms with Crippen LogP contribution in [-0.2, 0) is 19.1 Å². The van der Waals surface area contributed by atoms with Gasteiger partial charge in [0.05, 0.1) is 0 Å². The van der Waals surface area contributed by atoms with Crippen molar-refractivity contribution in [3.8, 4) is 0 Å². The third-order valence-electron chi connectivity index (χ3n) is 2.33. The molecule has 0 aromatic rings. The van der Waals surface area contributed by atoms with Gasteiger partial charge in [-0.25, -0.2) is 0 Å². The van der Waals surface area contributed by atoms with E-state index in [1.807, 2.05) is 6.92 Å². The number of hydrogen-bond donors (Lipinski definition) is 1. The molecule has 0 spiro atoms. The van der Waals surface area contributed by atoms with Gasteiger partial charge in [0.15, 0.2) is 8.80 Å². The average Bonchev–Trinajstić information content (AvgIpc) is 2.58. The number of methoxy groups -OCH3 is 2. The molecule has 2 amide bonds. The molecule has 0 bridgehead atoms. The van der Waals surface area contributed by atoms with Crippen LogP contribution in [0.15, 0.2) is 11.3 Å². The first-order valence-corrected chi connectivity index (χ1v) is 6.91. The summed E-state index contributed by atoms with van der Waals surface area (Å²) < 4.78 is 10.4. The molecule has 1 rings (SSSR count). The van der Waals surface area contributed by atoms with Gasteiger partial charge in [0.1, 0.15) is 5.91 Å². The normalized spacial score (nSPS) is 15.9. The summed E-state index contributed by atoms with van der Waals surface area (Å²) in [6.45, 7) is 2.03. The topological polar surface area (TPSA) is 64.6 Å². The summed E-state index contributed by atoms with van der Waals surface area (Å²) in [6.07, 6.45) is 2.30. The Hall–Kier alpha value is -0.983. The highest BCUT2D eigenvalue weighted by molar-refractivity contribution is 6.74. The van der Waals surface area contributed by atoms with Gasteiger partial charge in [-0.3, -0.25) is 14.9 Å². The third kappa shape index (κ3) is 2.78. The molecule has 6 heteroatoms. The summed E-state index contributed by atoms with van der Waals surface area (Å²) in [5, 5.41) is 2.80. The lowest BCUT2D eigenvalue weighted by Crippen LogP contribution is -2.39. The van der Waals surface area contributed by atoms with Crippen LogP contribution in [0.1, 0.15) is 13.3 Å². The van der Waals surface area contributed by atoms with Crippen molar-refractivity contribution in [2.75, 3.05) is 14.2 Å². The zero-order chi connectivity index (χ0) is 12.1. The Balaban J connectivity index is 2.88. The van der Waals surface area contributed by atoms with Crippen molar-refractivity contribution in [2.24, 2.45) is 0 Å². The summed E-state index contributed by atoms with van der Waals surface area (Å²) >= 11 is 0. The van der Waals surface area contributed by atoms with Crippen LogP contribution in [0.5, 0.6) is 0 Å². The van der Waals surface area contributed by atoms with Crippen molar-refractivity contribution >= 4 is 20.6 Å². The maximum Gasteiger partial charge on any atom is 0.250 e. The quantitative estimate of drug-likeness (QED) is 0.410. The summed E-state index contributed by atoms with van der Waals surface area (Å²) in [5.74, 6) is -1.04. The van der Waals surface area contributed by atoms with Crippen molar-refractivity contribution < 1.29 is 19.1 Å². The molecular weight excluding hydrogens is 226 g/mol. The highest BCUT2D eigenvalue weighted by atomic mass is 28.3. The molecule has 0 aromatic heterocycles. The van der Waals surface area contributed by atoms with E-state index < -0.39 is 14.7 Å². The number of imide groups is 1. The molecule has 0 aliphatic carbocycles. The standard InChI is InChI=1S/C10H16NO4Si/c1-4-5-16(10(14-2)15-3)7-6-8(12)11-9(7)13/h6,10H,4-5H2,1-3H3,(H,11,12,13).